The zero-order valence-electron chi connectivity index (χ0n) is 10.4. The first-order valence-corrected chi connectivity index (χ1v) is 6.01. The lowest BCUT2D eigenvalue weighted by Gasteiger charge is -2.30. The van der Waals surface area contributed by atoms with Crippen molar-refractivity contribution in [2.45, 2.75) is 38.6 Å². The topological polar surface area (TPSA) is 24.5 Å². The van der Waals surface area contributed by atoms with Gasteiger partial charge in [0, 0.05) is 25.7 Å². The molecule has 1 fully saturated rings. The minimum absolute atomic E-state index is 0.0400. The SMILES string of the molecule is CC(C)N(CCC1CNCCO1)CC(F)(F)F. The summed E-state index contributed by atoms with van der Waals surface area (Å²) in [5.74, 6) is 0. The molecule has 0 aromatic rings. The predicted molar refractivity (Wildman–Crippen MR) is 60.0 cm³/mol. The lowest BCUT2D eigenvalue weighted by atomic mass is 10.2. The highest BCUT2D eigenvalue weighted by Crippen LogP contribution is 2.18. The molecule has 6 heteroatoms. The van der Waals surface area contributed by atoms with Gasteiger partial charge in [-0.15, -0.1) is 0 Å². The maximum absolute atomic E-state index is 12.3. The molecule has 1 heterocycles. The van der Waals surface area contributed by atoms with Gasteiger partial charge < -0.3 is 10.1 Å². The zero-order valence-corrected chi connectivity index (χ0v) is 10.4. The van der Waals surface area contributed by atoms with Crippen LogP contribution in [-0.2, 0) is 4.74 Å². The van der Waals surface area contributed by atoms with Crippen LogP contribution in [0, 0.1) is 0 Å². The predicted octanol–water partition coefficient (Wildman–Crippen LogP) is 1.64. The quantitative estimate of drug-likeness (QED) is 0.807. The molecule has 1 N–H and O–H groups in total. The number of ether oxygens (including phenoxy) is 1. The number of nitrogens with one attached hydrogen (secondary N) is 1. The number of halogens is 3. The Kier molecular flexibility index (Phi) is 5.69. The summed E-state index contributed by atoms with van der Waals surface area (Å²) in [7, 11) is 0. The number of hydrogen-bond donors (Lipinski definition) is 1. The first-order chi connectivity index (χ1) is 7.88. The Labute approximate surface area is 100 Å². The van der Waals surface area contributed by atoms with Crippen LogP contribution in [0.2, 0.25) is 0 Å². The first-order valence-electron chi connectivity index (χ1n) is 6.01. The van der Waals surface area contributed by atoms with Gasteiger partial charge in [-0.25, -0.2) is 0 Å². The summed E-state index contributed by atoms with van der Waals surface area (Å²) in [6.45, 7) is 5.35. The van der Waals surface area contributed by atoms with Crippen LogP contribution in [0.25, 0.3) is 0 Å². The van der Waals surface area contributed by atoms with Gasteiger partial charge in [-0.05, 0) is 20.3 Å². The summed E-state index contributed by atoms with van der Waals surface area (Å²) in [6, 6.07) is -0.104. The Bertz CT molecular complexity index is 215. The van der Waals surface area contributed by atoms with E-state index in [9.17, 15) is 13.2 Å². The molecule has 17 heavy (non-hydrogen) atoms. The summed E-state index contributed by atoms with van der Waals surface area (Å²) in [6.07, 6.45) is -3.45. The van der Waals surface area contributed by atoms with E-state index in [-0.39, 0.29) is 12.1 Å². The van der Waals surface area contributed by atoms with E-state index in [2.05, 4.69) is 5.32 Å². The standard InChI is InChI=1S/C11H21F3N2O/c1-9(2)16(8-11(12,13)14)5-3-10-7-15-4-6-17-10/h9-10,15H,3-8H2,1-2H3. The highest BCUT2D eigenvalue weighted by Gasteiger charge is 2.31. The molecule has 0 spiro atoms. The number of hydrogen-bond acceptors (Lipinski definition) is 3. The maximum atomic E-state index is 12.3. The fourth-order valence-electron chi connectivity index (χ4n) is 1.87. The normalized spacial score (nSPS) is 22.4. The van der Waals surface area contributed by atoms with Gasteiger partial charge in [-0.3, -0.25) is 4.90 Å². The minimum atomic E-state index is -4.13. The second kappa shape index (κ2) is 6.56. The van der Waals surface area contributed by atoms with Gasteiger partial charge in [0.15, 0.2) is 0 Å². The van der Waals surface area contributed by atoms with Crippen molar-refractivity contribution in [3.8, 4) is 0 Å². The molecule has 1 aliphatic rings. The van der Waals surface area contributed by atoms with E-state index in [1.165, 1.54) is 4.90 Å². The van der Waals surface area contributed by atoms with Crippen molar-refractivity contribution in [2.24, 2.45) is 0 Å². The molecule has 1 saturated heterocycles. The third kappa shape index (κ3) is 6.24. The molecule has 1 atom stereocenters. The third-order valence-corrected chi connectivity index (χ3v) is 2.86. The summed E-state index contributed by atoms with van der Waals surface area (Å²) in [5, 5.41) is 3.17. The van der Waals surface area contributed by atoms with Crippen molar-refractivity contribution in [1.82, 2.24) is 10.2 Å². The van der Waals surface area contributed by atoms with Crippen molar-refractivity contribution in [3.05, 3.63) is 0 Å². The second-order valence-corrected chi connectivity index (χ2v) is 4.67. The van der Waals surface area contributed by atoms with Gasteiger partial charge in [-0.1, -0.05) is 0 Å². The first kappa shape index (κ1) is 14.7. The average Bonchev–Trinajstić information content (AvgIpc) is 2.24. The molecule has 1 aliphatic heterocycles. The number of alkyl halides is 3. The number of rotatable bonds is 5. The molecule has 0 aliphatic carbocycles. The fraction of sp³-hybridized carbons (Fsp3) is 1.00. The van der Waals surface area contributed by atoms with E-state index in [1.54, 1.807) is 13.8 Å². The molecule has 1 unspecified atom stereocenters. The summed E-state index contributed by atoms with van der Waals surface area (Å²) in [4.78, 5) is 1.44. The minimum Gasteiger partial charge on any atom is -0.376 e. The van der Waals surface area contributed by atoms with Gasteiger partial charge in [0.1, 0.15) is 0 Å². The van der Waals surface area contributed by atoms with Crippen LogP contribution in [-0.4, -0.2) is 56.0 Å². The summed E-state index contributed by atoms with van der Waals surface area (Å²) >= 11 is 0. The van der Waals surface area contributed by atoms with E-state index in [4.69, 9.17) is 4.74 Å². The van der Waals surface area contributed by atoms with Gasteiger partial charge >= 0.3 is 6.18 Å². The van der Waals surface area contributed by atoms with E-state index in [1.807, 2.05) is 0 Å². The van der Waals surface area contributed by atoms with E-state index >= 15 is 0 Å². The molecule has 0 aromatic heterocycles. The number of morpholine rings is 1. The smallest absolute Gasteiger partial charge is 0.376 e. The van der Waals surface area contributed by atoms with Crippen LogP contribution in [0.5, 0.6) is 0 Å². The molecular weight excluding hydrogens is 233 g/mol. The van der Waals surface area contributed by atoms with Crippen LogP contribution in [0.15, 0.2) is 0 Å². The van der Waals surface area contributed by atoms with Gasteiger partial charge in [0.25, 0.3) is 0 Å². The average molecular weight is 254 g/mol. The fourth-order valence-corrected chi connectivity index (χ4v) is 1.87. The highest BCUT2D eigenvalue weighted by molar-refractivity contribution is 4.73. The van der Waals surface area contributed by atoms with E-state index < -0.39 is 12.7 Å². The van der Waals surface area contributed by atoms with E-state index in [0.717, 1.165) is 13.1 Å². The van der Waals surface area contributed by atoms with Crippen LogP contribution >= 0.6 is 0 Å². The van der Waals surface area contributed by atoms with Crippen molar-refractivity contribution >= 4 is 0 Å². The summed E-state index contributed by atoms with van der Waals surface area (Å²) < 4.78 is 42.5. The van der Waals surface area contributed by atoms with Crippen LogP contribution in [0.4, 0.5) is 13.2 Å². The van der Waals surface area contributed by atoms with Gasteiger partial charge in [0.05, 0.1) is 19.3 Å². The molecule has 0 amide bonds. The number of nitrogens with zero attached hydrogens (tertiary/aromatic N) is 1. The Morgan fingerprint density at radius 1 is 1.41 bits per heavy atom. The van der Waals surface area contributed by atoms with Crippen LogP contribution < -0.4 is 5.32 Å². The van der Waals surface area contributed by atoms with Gasteiger partial charge in [-0.2, -0.15) is 13.2 Å². The maximum Gasteiger partial charge on any atom is 0.401 e. The molecule has 0 bridgehead atoms. The molecular formula is C11H21F3N2O. The van der Waals surface area contributed by atoms with Crippen molar-refractivity contribution < 1.29 is 17.9 Å². The van der Waals surface area contributed by atoms with Crippen molar-refractivity contribution in [2.75, 3.05) is 32.8 Å². The lowest BCUT2D eigenvalue weighted by molar-refractivity contribution is -0.150. The Morgan fingerprint density at radius 2 is 2.12 bits per heavy atom. The van der Waals surface area contributed by atoms with Crippen LogP contribution in [0.1, 0.15) is 20.3 Å². The lowest BCUT2D eigenvalue weighted by Crippen LogP contribution is -2.44. The van der Waals surface area contributed by atoms with E-state index in [0.29, 0.717) is 19.6 Å². The molecule has 102 valence electrons. The Hall–Kier alpha value is -0.330. The Balaban J connectivity index is 2.33. The second-order valence-electron chi connectivity index (χ2n) is 4.67. The highest BCUT2D eigenvalue weighted by atomic mass is 19.4. The monoisotopic (exact) mass is 254 g/mol. The largest absolute Gasteiger partial charge is 0.401 e. The third-order valence-electron chi connectivity index (χ3n) is 2.86. The molecule has 0 radical (unpaired) electrons. The Morgan fingerprint density at radius 3 is 2.59 bits per heavy atom. The molecule has 3 nitrogen and oxygen atoms in total. The van der Waals surface area contributed by atoms with Crippen molar-refractivity contribution in [1.29, 1.82) is 0 Å². The summed E-state index contributed by atoms with van der Waals surface area (Å²) in [5.41, 5.74) is 0. The van der Waals surface area contributed by atoms with Crippen LogP contribution in [0.3, 0.4) is 0 Å². The molecule has 1 rings (SSSR count). The zero-order chi connectivity index (χ0) is 12.9. The van der Waals surface area contributed by atoms with Crippen molar-refractivity contribution in [3.63, 3.8) is 0 Å². The van der Waals surface area contributed by atoms with Gasteiger partial charge in [0.2, 0.25) is 0 Å². The molecule has 0 saturated carbocycles. The molecule has 0 aromatic carbocycles.